The molecule has 1 aromatic rings. The maximum absolute atomic E-state index is 12.4. The molecular weight excluding hydrogens is 326 g/mol. The Balaban J connectivity index is 2.45. The molecule has 5 heteroatoms. The highest BCUT2D eigenvalue weighted by Gasteiger charge is 2.16. The van der Waals surface area contributed by atoms with E-state index in [1.807, 2.05) is 24.3 Å². The van der Waals surface area contributed by atoms with Gasteiger partial charge in [0, 0.05) is 24.5 Å². The Morgan fingerprint density at radius 3 is 2.42 bits per heavy atom. The Morgan fingerprint density at radius 2 is 1.83 bits per heavy atom. The summed E-state index contributed by atoms with van der Waals surface area (Å²) in [5.41, 5.74) is 1.18. The number of carbonyl (C=O) groups excluding carboxylic acids is 2. The average molecular weight is 354 g/mol. The highest BCUT2D eigenvalue weighted by atomic mass is 35.5. The molecule has 1 aromatic carbocycles. The molecule has 0 aliphatic heterocycles. The third-order valence-electron chi connectivity index (χ3n) is 3.60. The lowest BCUT2D eigenvalue weighted by Crippen LogP contribution is -2.36. The largest absolute Gasteiger partial charge is 0.466 e. The molecule has 134 valence electrons. The molecule has 0 radical (unpaired) electrons. The van der Waals surface area contributed by atoms with E-state index in [0.29, 0.717) is 32.0 Å². The Bertz CT molecular complexity index is 514. The van der Waals surface area contributed by atoms with Crippen LogP contribution in [0.4, 0.5) is 0 Å². The Morgan fingerprint density at radius 1 is 1.17 bits per heavy atom. The molecule has 0 N–H and O–H groups in total. The summed E-state index contributed by atoms with van der Waals surface area (Å²) < 4.78 is 4.94. The first-order valence-electron chi connectivity index (χ1n) is 8.60. The standard InChI is InChI=1S/C19H28ClNO3/c1-4-24-19(23)12-13-21(14-15(2)3)18(22)7-5-6-16-8-10-17(20)11-9-16/h8-11,15H,4-7,12-14H2,1-3H3. The second kappa shape index (κ2) is 11.1. The molecule has 0 aliphatic carbocycles. The number of hydrogen-bond acceptors (Lipinski definition) is 3. The monoisotopic (exact) mass is 353 g/mol. The number of halogens is 1. The van der Waals surface area contributed by atoms with E-state index in [9.17, 15) is 9.59 Å². The molecule has 0 atom stereocenters. The van der Waals surface area contributed by atoms with Crippen molar-refractivity contribution < 1.29 is 14.3 Å². The molecule has 0 aliphatic rings. The lowest BCUT2D eigenvalue weighted by molar-refractivity contribution is -0.144. The Labute approximate surface area is 150 Å². The zero-order valence-corrected chi connectivity index (χ0v) is 15.6. The minimum Gasteiger partial charge on any atom is -0.466 e. The van der Waals surface area contributed by atoms with Crippen molar-refractivity contribution in [3.63, 3.8) is 0 Å². The lowest BCUT2D eigenvalue weighted by atomic mass is 10.1. The van der Waals surface area contributed by atoms with Gasteiger partial charge in [0.05, 0.1) is 13.0 Å². The van der Waals surface area contributed by atoms with E-state index in [2.05, 4.69) is 13.8 Å². The normalized spacial score (nSPS) is 10.7. The molecule has 0 fully saturated rings. The molecule has 4 nitrogen and oxygen atoms in total. The third-order valence-corrected chi connectivity index (χ3v) is 3.85. The zero-order chi connectivity index (χ0) is 17.9. The molecule has 0 bridgehead atoms. The van der Waals surface area contributed by atoms with Crippen LogP contribution in [0.5, 0.6) is 0 Å². The van der Waals surface area contributed by atoms with Crippen LogP contribution in [0.1, 0.15) is 45.6 Å². The fourth-order valence-corrected chi connectivity index (χ4v) is 2.60. The van der Waals surface area contributed by atoms with Crippen LogP contribution in [0.15, 0.2) is 24.3 Å². The summed E-state index contributed by atoms with van der Waals surface area (Å²) in [4.78, 5) is 25.7. The number of esters is 1. The second-order valence-corrected chi connectivity index (χ2v) is 6.71. The molecule has 0 heterocycles. The average Bonchev–Trinajstić information content (AvgIpc) is 2.53. The summed E-state index contributed by atoms with van der Waals surface area (Å²) in [6.07, 6.45) is 2.37. The van der Waals surface area contributed by atoms with Crippen molar-refractivity contribution in [2.45, 2.75) is 46.5 Å². The first-order chi connectivity index (χ1) is 11.4. The summed E-state index contributed by atoms with van der Waals surface area (Å²) in [5, 5.41) is 0.719. The van der Waals surface area contributed by atoms with Gasteiger partial charge in [0.15, 0.2) is 0 Å². The fourth-order valence-electron chi connectivity index (χ4n) is 2.47. The van der Waals surface area contributed by atoms with Crippen molar-refractivity contribution in [1.29, 1.82) is 0 Å². The van der Waals surface area contributed by atoms with Crippen LogP contribution < -0.4 is 0 Å². The maximum atomic E-state index is 12.4. The first-order valence-corrected chi connectivity index (χ1v) is 8.98. The number of carbonyl (C=O) groups is 2. The van der Waals surface area contributed by atoms with E-state index >= 15 is 0 Å². The van der Waals surface area contributed by atoms with Crippen molar-refractivity contribution in [1.82, 2.24) is 4.90 Å². The van der Waals surface area contributed by atoms with Crippen molar-refractivity contribution in [3.8, 4) is 0 Å². The van der Waals surface area contributed by atoms with Gasteiger partial charge in [0.2, 0.25) is 5.91 Å². The molecule has 24 heavy (non-hydrogen) atoms. The van der Waals surface area contributed by atoms with Gasteiger partial charge in [-0.15, -0.1) is 0 Å². The van der Waals surface area contributed by atoms with Gasteiger partial charge in [-0.3, -0.25) is 9.59 Å². The zero-order valence-electron chi connectivity index (χ0n) is 14.9. The van der Waals surface area contributed by atoms with Crippen molar-refractivity contribution in [3.05, 3.63) is 34.9 Å². The second-order valence-electron chi connectivity index (χ2n) is 6.27. The van der Waals surface area contributed by atoms with Gasteiger partial charge >= 0.3 is 5.97 Å². The van der Waals surface area contributed by atoms with E-state index in [0.717, 1.165) is 17.9 Å². The number of hydrogen-bond donors (Lipinski definition) is 0. The van der Waals surface area contributed by atoms with E-state index in [1.165, 1.54) is 5.56 Å². The number of nitrogens with zero attached hydrogens (tertiary/aromatic N) is 1. The minimum absolute atomic E-state index is 0.0990. The number of ether oxygens (including phenoxy) is 1. The molecular formula is C19H28ClNO3. The van der Waals surface area contributed by atoms with Crippen molar-refractivity contribution in [2.75, 3.05) is 19.7 Å². The predicted molar refractivity (Wildman–Crippen MR) is 97.1 cm³/mol. The van der Waals surface area contributed by atoms with Crippen LogP contribution in [-0.4, -0.2) is 36.5 Å². The topological polar surface area (TPSA) is 46.6 Å². The van der Waals surface area contributed by atoms with Crippen LogP contribution >= 0.6 is 11.6 Å². The van der Waals surface area contributed by atoms with Gasteiger partial charge < -0.3 is 9.64 Å². The van der Waals surface area contributed by atoms with Crippen LogP contribution in [0, 0.1) is 5.92 Å². The summed E-state index contributed by atoms with van der Waals surface area (Å²) >= 11 is 5.87. The van der Waals surface area contributed by atoms with Gasteiger partial charge in [-0.2, -0.15) is 0 Å². The number of benzene rings is 1. The van der Waals surface area contributed by atoms with Gasteiger partial charge in [0.1, 0.15) is 0 Å². The maximum Gasteiger partial charge on any atom is 0.307 e. The summed E-state index contributed by atoms with van der Waals surface area (Å²) in [6.45, 7) is 7.39. The highest BCUT2D eigenvalue weighted by molar-refractivity contribution is 6.30. The Kier molecular flexibility index (Phi) is 9.46. The van der Waals surface area contributed by atoms with Gasteiger partial charge in [-0.1, -0.05) is 37.6 Å². The molecule has 0 unspecified atom stereocenters. The van der Waals surface area contributed by atoms with E-state index in [-0.39, 0.29) is 18.3 Å². The first kappa shape index (κ1) is 20.5. The SMILES string of the molecule is CCOC(=O)CCN(CC(C)C)C(=O)CCCc1ccc(Cl)cc1. The summed E-state index contributed by atoms with van der Waals surface area (Å²) in [6, 6.07) is 7.70. The van der Waals surface area contributed by atoms with Crippen LogP contribution in [-0.2, 0) is 20.7 Å². The molecule has 1 rings (SSSR count). The third kappa shape index (κ3) is 8.34. The molecule has 1 amide bonds. The Hall–Kier alpha value is -1.55. The molecule has 0 saturated heterocycles. The van der Waals surface area contributed by atoms with E-state index < -0.39 is 0 Å². The van der Waals surface area contributed by atoms with Crippen LogP contribution in [0.25, 0.3) is 0 Å². The van der Waals surface area contributed by atoms with Gasteiger partial charge in [-0.25, -0.2) is 0 Å². The van der Waals surface area contributed by atoms with Crippen molar-refractivity contribution >= 4 is 23.5 Å². The van der Waals surface area contributed by atoms with E-state index in [1.54, 1.807) is 11.8 Å². The van der Waals surface area contributed by atoms with Crippen LogP contribution in [0.3, 0.4) is 0 Å². The summed E-state index contributed by atoms with van der Waals surface area (Å²) in [5.74, 6) is 0.217. The summed E-state index contributed by atoms with van der Waals surface area (Å²) in [7, 11) is 0. The highest BCUT2D eigenvalue weighted by Crippen LogP contribution is 2.13. The molecule has 0 aromatic heterocycles. The number of rotatable bonds is 10. The van der Waals surface area contributed by atoms with Crippen molar-refractivity contribution in [2.24, 2.45) is 5.92 Å². The number of amides is 1. The lowest BCUT2D eigenvalue weighted by Gasteiger charge is -2.24. The molecule has 0 spiro atoms. The smallest absolute Gasteiger partial charge is 0.307 e. The number of aryl methyl sites for hydroxylation is 1. The van der Waals surface area contributed by atoms with E-state index in [4.69, 9.17) is 16.3 Å². The van der Waals surface area contributed by atoms with Crippen LogP contribution in [0.2, 0.25) is 5.02 Å². The van der Waals surface area contributed by atoms with Gasteiger partial charge in [-0.05, 0) is 43.4 Å². The fraction of sp³-hybridized carbons (Fsp3) is 0.579. The molecule has 0 saturated carbocycles. The van der Waals surface area contributed by atoms with Gasteiger partial charge in [0.25, 0.3) is 0 Å². The minimum atomic E-state index is -0.250. The predicted octanol–water partition coefficient (Wildman–Crippen LogP) is 4.10. The quantitative estimate of drug-likeness (QED) is 0.595.